The molecule has 0 aromatic rings. The number of methoxy groups -OCH3 is 1. The number of carboxylic acid groups (broad SMARTS) is 1. The Morgan fingerprint density at radius 1 is 1.62 bits per heavy atom. The Kier molecular flexibility index (Phi) is 6.54. The van der Waals surface area contributed by atoms with Gasteiger partial charge in [-0.2, -0.15) is 0 Å². The molecule has 0 aliphatic heterocycles. The Morgan fingerprint density at radius 2 is 2.23 bits per heavy atom. The van der Waals surface area contributed by atoms with Crippen molar-refractivity contribution in [3.05, 3.63) is 0 Å². The number of carbonyl (C=O) groups is 1. The molecule has 0 rings (SSSR count). The predicted molar refractivity (Wildman–Crippen MR) is 50.8 cm³/mol. The first-order valence-corrected chi connectivity index (χ1v) is 4.59. The lowest BCUT2D eigenvalue weighted by molar-refractivity contribution is -0.140. The zero-order chi connectivity index (χ0) is 10.3. The van der Waals surface area contributed by atoms with Gasteiger partial charge in [-0.25, -0.2) is 0 Å². The fraction of sp³-hybridized carbons (Fsp3) is 0.889. The summed E-state index contributed by atoms with van der Waals surface area (Å²) in [4.78, 5) is 10.7. The van der Waals surface area contributed by atoms with E-state index in [0.29, 0.717) is 13.0 Å². The van der Waals surface area contributed by atoms with Crippen LogP contribution in [0.3, 0.4) is 0 Å². The topological polar surface area (TPSA) is 58.6 Å². The molecule has 0 amide bonds. The molecule has 0 radical (unpaired) electrons. The molecule has 0 aromatic carbocycles. The highest BCUT2D eigenvalue weighted by Gasteiger charge is 2.17. The highest BCUT2D eigenvalue weighted by atomic mass is 16.5. The van der Waals surface area contributed by atoms with E-state index in [2.05, 4.69) is 5.32 Å². The first-order chi connectivity index (χ1) is 6.11. The number of ether oxygens (including phenoxy) is 1. The quantitative estimate of drug-likeness (QED) is 0.623. The molecule has 0 bridgehead atoms. The second-order valence-electron chi connectivity index (χ2n) is 3.15. The fourth-order valence-electron chi connectivity index (χ4n) is 0.975. The molecule has 0 fully saturated rings. The summed E-state index contributed by atoms with van der Waals surface area (Å²) < 4.78 is 4.83. The van der Waals surface area contributed by atoms with Crippen molar-refractivity contribution in [3.63, 3.8) is 0 Å². The van der Waals surface area contributed by atoms with E-state index in [0.717, 1.165) is 6.42 Å². The van der Waals surface area contributed by atoms with Gasteiger partial charge in [-0.05, 0) is 19.8 Å². The average molecular weight is 189 g/mol. The third-order valence-electron chi connectivity index (χ3n) is 2.01. The van der Waals surface area contributed by atoms with E-state index in [-0.39, 0.29) is 6.04 Å². The summed E-state index contributed by atoms with van der Waals surface area (Å²) in [6, 6.07) is -0.257. The van der Waals surface area contributed by atoms with Crippen LogP contribution in [-0.2, 0) is 9.53 Å². The molecule has 78 valence electrons. The summed E-state index contributed by atoms with van der Waals surface area (Å²) in [5, 5.41) is 11.8. The number of hydrogen-bond donors (Lipinski definition) is 2. The maximum atomic E-state index is 10.7. The Balaban J connectivity index is 3.87. The molecule has 0 saturated heterocycles. The van der Waals surface area contributed by atoms with Crippen molar-refractivity contribution in [3.8, 4) is 0 Å². The van der Waals surface area contributed by atoms with Crippen LogP contribution in [0.1, 0.15) is 26.7 Å². The van der Waals surface area contributed by atoms with Crippen LogP contribution >= 0.6 is 0 Å². The van der Waals surface area contributed by atoms with Gasteiger partial charge in [0.2, 0.25) is 0 Å². The lowest BCUT2D eigenvalue weighted by atomic mass is 10.1. The third-order valence-corrected chi connectivity index (χ3v) is 2.01. The zero-order valence-corrected chi connectivity index (χ0v) is 8.54. The molecular weight excluding hydrogens is 170 g/mol. The third kappa shape index (κ3) is 5.60. The maximum Gasteiger partial charge on any atom is 0.320 e. The van der Waals surface area contributed by atoms with E-state index in [1.807, 2.05) is 13.8 Å². The second kappa shape index (κ2) is 6.86. The normalized spacial score (nSPS) is 15.3. The monoisotopic (exact) mass is 189 g/mol. The Hall–Kier alpha value is -0.610. The Bertz CT molecular complexity index is 150. The van der Waals surface area contributed by atoms with Gasteiger partial charge < -0.3 is 15.2 Å². The molecule has 4 heteroatoms. The lowest BCUT2D eigenvalue weighted by Crippen LogP contribution is -2.42. The molecule has 0 saturated carbocycles. The van der Waals surface area contributed by atoms with Crippen LogP contribution in [0.4, 0.5) is 0 Å². The molecule has 0 heterocycles. The van der Waals surface area contributed by atoms with Gasteiger partial charge in [-0.3, -0.25) is 4.79 Å². The highest BCUT2D eigenvalue weighted by Crippen LogP contribution is 1.97. The van der Waals surface area contributed by atoms with E-state index >= 15 is 0 Å². The summed E-state index contributed by atoms with van der Waals surface area (Å²) in [6.45, 7) is 4.47. The first-order valence-electron chi connectivity index (χ1n) is 4.59. The van der Waals surface area contributed by atoms with Crippen LogP contribution in [0.5, 0.6) is 0 Å². The number of nitrogens with one attached hydrogen (secondary N) is 1. The van der Waals surface area contributed by atoms with Crippen LogP contribution in [0, 0.1) is 0 Å². The average Bonchev–Trinajstić information content (AvgIpc) is 2.11. The van der Waals surface area contributed by atoms with E-state index in [9.17, 15) is 4.79 Å². The standard InChI is InChI=1S/C9H19NO3/c1-4-7(2)10-8(9(11)12)5-6-13-3/h7-8,10H,4-6H2,1-3H3,(H,11,12). The number of rotatable bonds is 7. The fourth-order valence-corrected chi connectivity index (χ4v) is 0.975. The largest absolute Gasteiger partial charge is 0.480 e. The molecule has 0 aromatic heterocycles. The van der Waals surface area contributed by atoms with Crippen molar-refractivity contribution in [2.24, 2.45) is 0 Å². The number of aliphatic carboxylic acids is 1. The summed E-state index contributed by atoms with van der Waals surface area (Å²) in [6.07, 6.45) is 1.44. The maximum absolute atomic E-state index is 10.7. The van der Waals surface area contributed by atoms with E-state index in [1.165, 1.54) is 0 Å². The molecule has 2 N–H and O–H groups in total. The van der Waals surface area contributed by atoms with Crippen LogP contribution < -0.4 is 5.32 Å². The lowest BCUT2D eigenvalue weighted by Gasteiger charge is -2.18. The van der Waals surface area contributed by atoms with Crippen molar-refractivity contribution in [2.45, 2.75) is 38.8 Å². The van der Waals surface area contributed by atoms with Gasteiger partial charge in [0.15, 0.2) is 0 Å². The van der Waals surface area contributed by atoms with Gasteiger partial charge in [0.25, 0.3) is 0 Å². The summed E-state index contributed by atoms with van der Waals surface area (Å²) in [5.74, 6) is -0.808. The molecule has 4 nitrogen and oxygen atoms in total. The minimum atomic E-state index is -0.808. The molecule has 13 heavy (non-hydrogen) atoms. The molecule has 2 atom stereocenters. The second-order valence-corrected chi connectivity index (χ2v) is 3.15. The SMILES string of the molecule is CCC(C)NC(CCOC)C(=O)O. The highest BCUT2D eigenvalue weighted by molar-refractivity contribution is 5.73. The minimum absolute atomic E-state index is 0.234. The van der Waals surface area contributed by atoms with Gasteiger partial charge in [0, 0.05) is 19.8 Å². The van der Waals surface area contributed by atoms with E-state index in [1.54, 1.807) is 7.11 Å². The minimum Gasteiger partial charge on any atom is -0.480 e. The van der Waals surface area contributed by atoms with Crippen molar-refractivity contribution >= 4 is 5.97 Å². The number of carboxylic acids is 1. The van der Waals surface area contributed by atoms with Crippen LogP contribution in [0.2, 0.25) is 0 Å². The van der Waals surface area contributed by atoms with Gasteiger partial charge in [0.1, 0.15) is 6.04 Å². The van der Waals surface area contributed by atoms with Gasteiger partial charge in [0.05, 0.1) is 0 Å². The smallest absolute Gasteiger partial charge is 0.320 e. The van der Waals surface area contributed by atoms with Crippen LogP contribution in [0.25, 0.3) is 0 Å². The van der Waals surface area contributed by atoms with E-state index < -0.39 is 12.0 Å². The molecule has 0 aliphatic carbocycles. The predicted octanol–water partition coefficient (Wildman–Crippen LogP) is 0.864. The summed E-state index contributed by atoms with van der Waals surface area (Å²) >= 11 is 0. The van der Waals surface area contributed by atoms with Crippen LogP contribution in [-0.4, -0.2) is 36.9 Å². The zero-order valence-electron chi connectivity index (χ0n) is 8.54. The first kappa shape index (κ1) is 12.4. The van der Waals surface area contributed by atoms with Crippen molar-refractivity contribution in [2.75, 3.05) is 13.7 Å². The van der Waals surface area contributed by atoms with Crippen molar-refractivity contribution < 1.29 is 14.6 Å². The molecular formula is C9H19NO3. The van der Waals surface area contributed by atoms with E-state index in [4.69, 9.17) is 9.84 Å². The Morgan fingerprint density at radius 3 is 2.62 bits per heavy atom. The van der Waals surface area contributed by atoms with Crippen molar-refractivity contribution in [1.29, 1.82) is 0 Å². The number of hydrogen-bond acceptors (Lipinski definition) is 3. The molecule has 2 unspecified atom stereocenters. The summed E-state index contributed by atoms with van der Waals surface area (Å²) in [5.41, 5.74) is 0. The summed E-state index contributed by atoms with van der Waals surface area (Å²) in [7, 11) is 1.57. The van der Waals surface area contributed by atoms with Gasteiger partial charge >= 0.3 is 5.97 Å². The molecule has 0 aliphatic rings. The Labute approximate surface area is 79.3 Å². The van der Waals surface area contributed by atoms with Gasteiger partial charge in [-0.1, -0.05) is 6.92 Å². The van der Waals surface area contributed by atoms with Crippen molar-refractivity contribution in [1.82, 2.24) is 5.32 Å². The van der Waals surface area contributed by atoms with Crippen LogP contribution in [0.15, 0.2) is 0 Å². The molecule has 0 spiro atoms. The van der Waals surface area contributed by atoms with Gasteiger partial charge in [-0.15, -0.1) is 0 Å².